The molecule has 0 aliphatic carbocycles. The minimum atomic E-state index is -0.327. The molecule has 2 aromatic carbocycles. The first-order valence-electron chi connectivity index (χ1n) is 9.45. The van der Waals surface area contributed by atoms with Crippen LogP contribution < -0.4 is 19.6 Å². The summed E-state index contributed by atoms with van der Waals surface area (Å²) in [6.45, 7) is 8.93. The second-order valence-corrected chi connectivity index (χ2v) is 6.29. The molecule has 0 radical (unpaired) electrons. The van der Waals surface area contributed by atoms with Crippen LogP contribution in [0.1, 0.15) is 37.0 Å². The van der Waals surface area contributed by atoms with Crippen molar-refractivity contribution in [3.05, 3.63) is 53.1 Å². The van der Waals surface area contributed by atoms with Gasteiger partial charge in [0.15, 0.2) is 18.1 Å². The molecule has 2 rings (SSSR count). The Morgan fingerprint density at radius 3 is 2.46 bits per heavy atom. The third-order valence-electron chi connectivity index (χ3n) is 3.89. The lowest BCUT2D eigenvalue weighted by Gasteiger charge is -2.12. The number of hydrogen-bond acceptors (Lipinski definition) is 5. The van der Waals surface area contributed by atoms with Crippen LogP contribution in [0.15, 0.2) is 41.5 Å². The van der Waals surface area contributed by atoms with Gasteiger partial charge >= 0.3 is 0 Å². The van der Waals surface area contributed by atoms with E-state index in [9.17, 15) is 4.79 Å². The topological polar surface area (TPSA) is 69.2 Å². The van der Waals surface area contributed by atoms with E-state index in [2.05, 4.69) is 10.5 Å². The quantitative estimate of drug-likeness (QED) is 0.496. The predicted octanol–water partition coefficient (Wildman–Crippen LogP) is 4.02. The number of carbonyl (C=O) groups excluding carboxylic acids is 1. The molecule has 6 heteroatoms. The number of nitrogens with zero attached hydrogens (tertiary/aromatic N) is 1. The van der Waals surface area contributed by atoms with Crippen molar-refractivity contribution in [3.63, 3.8) is 0 Å². The summed E-state index contributed by atoms with van der Waals surface area (Å²) in [6, 6.07) is 11.4. The maximum absolute atomic E-state index is 12.0. The van der Waals surface area contributed by atoms with Gasteiger partial charge in [0.05, 0.1) is 19.4 Å². The molecule has 0 unspecified atom stereocenters. The van der Waals surface area contributed by atoms with Gasteiger partial charge in [0.1, 0.15) is 5.75 Å². The average molecular weight is 384 g/mol. The average Bonchev–Trinajstić information content (AvgIpc) is 2.67. The Balaban J connectivity index is 1.92. The smallest absolute Gasteiger partial charge is 0.277 e. The molecule has 0 aliphatic rings. The van der Waals surface area contributed by atoms with E-state index in [0.717, 1.165) is 28.9 Å². The molecule has 0 saturated carbocycles. The molecule has 6 nitrogen and oxygen atoms in total. The summed E-state index contributed by atoms with van der Waals surface area (Å²) in [7, 11) is 0. The fourth-order valence-electron chi connectivity index (χ4n) is 2.58. The van der Waals surface area contributed by atoms with Crippen LogP contribution in [-0.4, -0.2) is 31.9 Å². The summed E-state index contributed by atoms with van der Waals surface area (Å²) in [6.07, 6.45) is 2.48. The monoisotopic (exact) mass is 384 g/mol. The van der Waals surface area contributed by atoms with Crippen LogP contribution >= 0.6 is 0 Å². The van der Waals surface area contributed by atoms with E-state index >= 15 is 0 Å². The fraction of sp³-hybridized carbons (Fsp3) is 0.364. The zero-order valence-corrected chi connectivity index (χ0v) is 17.0. The number of hydrazone groups is 1. The number of ether oxygens (including phenoxy) is 3. The number of nitrogens with one attached hydrogen (secondary N) is 1. The van der Waals surface area contributed by atoms with E-state index in [0.29, 0.717) is 24.7 Å². The van der Waals surface area contributed by atoms with Gasteiger partial charge in [-0.2, -0.15) is 5.10 Å². The van der Waals surface area contributed by atoms with Crippen LogP contribution in [0.2, 0.25) is 0 Å². The highest BCUT2D eigenvalue weighted by Gasteiger charge is 2.07. The van der Waals surface area contributed by atoms with Gasteiger partial charge < -0.3 is 14.2 Å². The summed E-state index contributed by atoms with van der Waals surface area (Å²) >= 11 is 0. The summed E-state index contributed by atoms with van der Waals surface area (Å²) in [4.78, 5) is 12.0. The number of para-hydroxylation sites is 1. The number of carbonyl (C=O) groups is 1. The second kappa shape index (κ2) is 11.0. The lowest BCUT2D eigenvalue weighted by atomic mass is 10.1. The van der Waals surface area contributed by atoms with Gasteiger partial charge in [0.25, 0.3) is 5.91 Å². The largest absolute Gasteiger partial charge is 0.490 e. The Bertz CT molecular complexity index is 798. The highest BCUT2D eigenvalue weighted by molar-refractivity contribution is 5.83. The Kier molecular flexibility index (Phi) is 8.34. The van der Waals surface area contributed by atoms with Crippen LogP contribution in [0, 0.1) is 13.8 Å². The van der Waals surface area contributed by atoms with Crippen LogP contribution in [0.4, 0.5) is 0 Å². The fourth-order valence-corrected chi connectivity index (χ4v) is 2.58. The molecular formula is C22H28N2O4. The zero-order valence-electron chi connectivity index (χ0n) is 17.0. The van der Waals surface area contributed by atoms with Crippen molar-refractivity contribution in [3.8, 4) is 17.2 Å². The van der Waals surface area contributed by atoms with Crippen molar-refractivity contribution in [1.82, 2.24) is 5.43 Å². The molecule has 0 bridgehead atoms. The number of benzene rings is 2. The molecule has 0 aliphatic heterocycles. The van der Waals surface area contributed by atoms with E-state index in [1.54, 1.807) is 6.21 Å². The maximum Gasteiger partial charge on any atom is 0.277 e. The molecule has 0 aromatic heterocycles. The first-order valence-corrected chi connectivity index (χ1v) is 9.45. The van der Waals surface area contributed by atoms with Crippen LogP contribution in [-0.2, 0) is 4.79 Å². The lowest BCUT2D eigenvalue weighted by molar-refractivity contribution is -0.123. The Hall–Kier alpha value is -3.02. The first kappa shape index (κ1) is 21.3. The molecule has 2 aromatic rings. The summed E-state index contributed by atoms with van der Waals surface area (Å²) in [5.41, 5.74) is 5.25. The van der Waals surface area contributed by atoms with Crippen molar-refractivity contribution < 1.29 is 19.0 Å². The highest BCUT2D eigenvalue weighted by Crippen LogP contribution is 2.28. The molecule has 150 valence electrons. The standard InChI is InChI=1S/C22H28N2O4/c1-5-12-27-19-11-10-18(13-20(19)26-6-2)14-23-24-21(25)15-28-22-16(3)8-7-9-17(22)4/h7-11,13-14H,5-6,12,15H2,1-4H3,(H,24,25)/b23-14-. The molecule has 0 heterocycles. The lowest BCUT2D eigenvalue weighted by Crippen LogP contribution is -2.25. The molecule has 1 N–H and O–H groups in total. The van der Waals surface area contributed by atoms with Crippen LogP contribution in [0.25, 0.3) is 0 Å². The highest BCUT2D eigenvalue weighted by atomic mass is 16.5. The molecular weight excluding hydrogens is 356 g/mol. The summed E-state index contributed by atoms with van der Waals surface area (Å²) in [5.74, 6) is 1.76. The molecule has 0 fully saturated rings. The van der Waals surface area contributed by atoms with Gasteiger partial charge in [-0.15, -0.1) is 0 Å². The van der Waals surface area contributed by atoms with E-state index in [4.69, 9.17) is 14.2 Å². The van der Waals surface area contributed by atoms with Gasteiger partial charge in [0.2, 0.25) is 0 Å². The number of aryl methyl sites for hydroxylation is 2. The van der Waals surface area contributed by atoms with Crippen molar-refractivity contribution in [2.75, 3.05) is 19.8 Å². The van der Waals surface area contributed by atoms with E-state index < -0.39 is 0 Å². The van der Waals surface area contributed by atoms with Crippen molar-refractivity contribution in [2.45, 2.75) is 34.1 Å². The van der Waals surface area contributed by atoms with Crippen molar-refractivity contribution in [2.24, 2.45) is 5.10 Å². The van der Waals surface area contributed by atoms with Gasteiger partial charge in [0, 0.05) is 0 Å². The predicted molar refractivity (Wildman–Crippen MR) is 111 cm³/mol. The van der Waals surface area contributed by atoms with Gasteiger partial charge in [-0.3, -0.25) is 4.79 Å². The first-order chi connectivity index (χ1) is 13.5. The normalized spacial score (nSPS) is 10.7. The molecule has 28 heavy (non-hydrogen) atoms. The Morgan fingerprint density at radius 2 is 1.79 bits per heavy atom. The Morgan fingerprint density at radius 1 is 1.04 bits per heavy atom. The SMILES string of the molecule is CCCOc1ccc(/C=N\NC(=O)COc2c(C)cccc2C)cc1OCC. The van der Waals surface area contributed by atoms with Gasteiger partial charge in [-0.1, -0.05) is 25.1 Å². The number of hydrogen-bond donors (Lipinski definition) is 1. The van der Waals surface area contributed by atoms with Crippen LogP contribution in [0.5, 0.6) is 17.2 Å². The van der Waals surface area contributed by atoms with Gasteiger partial charge in [-0.05, 0) is 62.1 Å². The van der Waals surface area contributed by atoms with E-state index in [1.165, 1.54) is 0 Å². The van der Waals surface area contributed by atoms with Gasteiger partial charge in [-0.25, -0.2) is 5.43 Å². The van der Waals surface area contributed by atoms with Crippen molar-refractivity contribution >= 4 is 12.1 Å². The minimum Gasteiger partial charge on any atom is -0.490 e. The van der Waals surface area contributed by atoms with Crippen LogP contribution in [0.3, 0.4) is 0 Å². The third-order valence-corrected chi connectivity index (χ3v) is 3.89. The van der Waals surface area contributed by atoms with E-state index in [1.807, 2.05) is 64.1 Å². The Labute approximate surface area is 166 Å². The summed E-state index contributed by atoms with van der Waals surface area (Å²) in [5, 5.41) is 3.99. The maximum atomic E-state index is 12.0. The minimum absolute atomic E-state index is 0.100. The summed E-state index contributed by atoms with van der Waals surface area (Å²) < 4.78 is 16.9. The zero-order chi connectivity index (χ0) is 20.4. The number of amides is 1. The number of rotatable bonds is 10. The molecule has 0 atom stereocenters. The molecule has 1 amide bonds. The second-order valence-electron chi connectivity index (χ2n) is 6.29. The molecule has 0 spiro atoms. The third kappa shape index (κ3) is 6.30. The molecule has 0 saturated heterocycles. The van der Waals surface area contributed by atoms with Crippen molar-refractivity contribution in [1.29, 1.82) is 0 Å². The van der Waals surface area contributed by atoms with E-state index in [-0.39, 0.29) is 12.5 Å².